The Balaban J connectivity index is 1.94. The third kappa shape index (κ3) is 4.34. The number of benzene rings is 1. The Kier molecular flexibility index (Phi) is 5.20. The summed E-state index contributed by atoms with van der Waals surface area (Å²) in [6, 6.07) is 12.2. The molecule has 0 amide bonds. The summed E-state index contributed by atoms with van der Waals surface area (Å²) in [6.07, 6.45) is -2.58. The Labute approximate surface area is 150 Å². The largest absolute Gasteiger partial charge is 0.573 e. The van der Waals surface area contributed by atoms with Crippen molar-refractivity contribution >= 4 is 0 Å². The van der Waals surface area contributed by atoms with Crippen LogP contribution in [0.25, 0.3) is 0 Å². The zero-order valence-corrected chi connectivity index (χ0v) is 14.4. The molecule has 1 aliphatic heterocycles. The van der Waals surface area contributed by atoms with Crippen LogP contribution in [0.5, 0.6) is 5.75 Å². The van der Waals surface area contributed by atoms with Gasteiger partial charge in [0, 0.05) is 13.1 Å². The van der Waals surface area contributed by atoms with Gasteiger partial charge in [0.1, 0.15) is 5.75 Å². The molecule has 1 aliphatic rings. The van der Waals surface area contributed by atoms with Crippen molar-refractivity contribution in [2.24, 2.45) is 0 Å². The number of hydrogen-bond acceptors (Lipinski definition) is 4. The zero-order chi connectivity index (χ0) is 18.8. The number of alkyl halides is 3. The molecule has 0 radical (unpaired) electrons. The van der Waals surface area contributed by atoms with E-state index in [-0.39, 0.29) is 5.75 Å². The maximum absolute atomic E-state index is 12.4. The number of hydrogen-bond donors (Lipinski definition) is 1. The van der Waals surface area contributed by atoms with Gasteiger partial charge in [0.05, 0.1) is 23.4 Å². The highest BCUT2D eigenvalue weighted by molar-refractivity contribution is 5.34. The molecular weight excluding hydrogens is 345 g/mol. The average Bonchev–Trinajstić information content (AvgIpc) is 2.59. The van der Waals surface area contributed by atoms with Crippen LogP contribution in [0.2, 0.25) is 0 Å². The predicted octanol–water partition coefficient (Wildman–Crippen LogP) is 3.57. The van der Waals surface area contributed by atoms with Crippen LogP contribution >= 0.6 is 0 Å². The van der Waals surface area contributed by atoms with Gasteiger partial charge in [-0.1, -0.05) is 30.3 Å². The van der Waals surface area contributed by atoms with Crippen molar-refractivity contribution in [3.8, 4) is 5.75 Å². The Hall–Kier alpha value is -2.12. The van der Waals surface area contributed by atoms with E-state index in [9.17, 15) is 18.3 Å². The number of pyridine rings is 1. The molecule has 26 heavy (non-hydrogen) atoms. The molecule has 0 spiro atoms. The maximum Gasteiger partial charge on any atom is 0.573 e. The lowest BCUT2D eigenvalue weighted by atomic mass is 9.74. The van der Waals surface area contributed by atoms with Crippen LogP contribution < -0.4 is 4.74 Å². The summed E-state index contributed by atoms with van der Waals surface area (Å²) in [7, 11) is 2.00. The topological polar surface area (TPSA) is 45.6 Å². The molecule has 4 nitrogen and oxygen atoms in total. The second-order valence-corrected chi connectivity index (χ2v) is 6.72. The van der Waals surface area contributed by atoms with Crippen LogP contribution in [0.15, 0.2) is 48.7 Å². The smallest absolute Gasteiger partial charge is 0.404 e. The molecule has 1 unspecified atom stereocenters. The first-order chi connectivity index (χ1) is 12.3. The molecule has 1 N–H and O–H groups in total. The Bertz CT molecular complexity index is 712. The molecule has 7 heteroatoms. The molecule has 1 aromatic heterocycles. The first-order valence-electron chi connectivity index (χ1n) is 8.44. The molecule has 2 heterocycles. The van der Waals surface area contributed by atoms with E-state index >= 15 is 0 Å². The van der Waals surface area contributed by atoms with Crippen LogP contribution in [0.4, 0.5) is 13.2 Å². The number of halogens is 3. The standard InChI is InChI=1S/C19H21F3N2O2/c1-24-11-9-18(25,10-12-24)17(14-5-3-2-4-6-14)16-8-7-15(13-23-16)26-19(20,21)22/h2-8,13,17,25H,9-12H2,1H3. The zero-order valence-electron chi connectivity index (χ0n) is 14.4. The van der Waals surface area contributed by atoms with E-state index in [0.29, 0.717) is 18.5 Å². The number of likely N-dealkylation sites (tertiary alicyclic amines) is 1. The predicted molar refractivity (Wildman–Crippen MR) is 90.9 cm³/mol. The molecule has 0 saturated carbocycles. The number of aromatic nitrogens is 1. The van der Waals surface area contributed by atoms with Crippen LogP contribution in [-0.4, -0.2) is 47.1 Å². The monoisotopic (exact) mass is 366 g/mol. The summed E-state index contributed by atoms with van der Waals surface area (Å²) in [6.45, 7) is 1.49. The van der Waals surface area contributed by atoms with E-state index in [1.54, 1.807) is 0 Å². The molecule has 1 fully saturated rings. The molecule has 3 rings (SSSR count). The minimum atomic E-state index is -4.76. The highest BCUT2D eigenvalue weighted by Gasteiger charge is 2.41. The first-order valence-corrected chi connectivity index (χ1v) is 8.44. The summed E-state index contributed by atoms with van der Waals surface area (Å²) in [4.78, 5) is 6.32. The second-order valence-electron chi connectivity index (χ2n) is 6.72. The van der Waals surface area contributed by atoms with Crippen LogP contribution in [0.3, 0.4) is 0 Å². The van der Waals surface area contributed by atoms with Gasteiger partial charge in [-0.25, -0.2) is 0 Å². The molecule has 2 aromatic rings. The van der Waals surface area contributed by atoms with Crippen LogP contribution in [-0.2, 0) is 0 Å². The van der Waals surface area contributed by atoms with Crippen LogP contribution in [0, 0.1) is 0 Å². The van der Waals surface area contributed by atoms with Gasteiger partial charge >= 0.3 is 6.36 Å². The van der Waals surface area contributed by atoms with Gasteiger partial charge in [0.25, 0.3) is 0 Å². The molecule has 0 bridgehead atoms. The SMILES string of the molecule is CN1CCC(O)(C(c2ccccc2)c2ccc(OC(F)(F)F)cn2)CC1. The van der Waals surface area contributed by atoms with Crippen molar-refractivity contribution in [1.29, 1.82) is 0 Å². The molecule has 1 atom stereocenters. The van der Waals surface area contributed by atoms with Crippen molar-refractivity contribution < 1.29 is 23.0 Å². The lowest BCUT2D eigenvalue weighted by Gasteiger charge is -2.42. The van der Waals surface area contributed by atoms with Gasteiger partial charge in [0.2, 0.25) is 0 Å². The highest BCUT2D eigenvalue weighted by atomic mass is 19.4. The van der Waals surface area contributed by atoms with E-state index in [2.05, 4.69) is 14.6 Å². The van der Waals surface area contributed by atoms with Gasteiger partial charge < -0.3 is 14.7 Å². The molecule has 1 aromatic carbocycles. The second kappa shape index (κ2) is 7.25. The molecule has 140 valence electrons. The van der Waals surface area contributed by atoms with Gasteiger partial charge in [-0.15, -0.1) is 13.2 Å². The quantitative estimate of drug-likeness (QED) is 0.899. The van der Waals surface area contributed by atoms with E-state index in [1.807, 2.05) is 37.4 Å². The number of rotatable bonds is 4. The van der Waals surface area contributed by atoms with Crippen molar-refractivity contribution in [3.63, 3.8) is 0 Å². The summed E-state index contributed by atoms with van der Waals surface area (Å²) in [5.41, 5.74) is 0.405. The highest BCUT2D eigenvalue weighted by Crippen LogP contribution is 2.40. The van der Waals surface area contributed by atoms with Crippen molar-refractivity contribution in [2.75, 3.05) is 20.1 Å². The van der Waals surface area contributed by atoms with Crippen molar-refractivity contribution in [2.45, 2.75) is 30.7 Å². The fourth-order valence-electron chi connectivity index (χ4n) is 3.45. The van der Waals surface area contributed by atoms with Crippen LogP contribution in [0.1, 0.15) is 30.0 Å². The number of nitrogens with zero attached hydrogens (tertiary/aromatic N) is 2. The maximum atomic E-state index is 12.4. The summed E-state index contributed by atoms with van der Waals surface area (Å²) in [5, 5.41) is 11.3. The summed E-state index contributed by atoms with van der Waals surface area (Å²) < 4.78 is 41.0. The van der Waals surface area contributed by atoms with Gasteiger partial charge in [0.15, 0.2) is 0 Å². The minimum Gasteiger partial charge on any atom is -0.404 e. The normalized spacial score (nSPS) is 19.1. The average molecular weight is 366 g/mol. The van der Waals surface area contributed by atoms with Gasteiger partial charge in [-0.2, -0.15) is 0 Å². The first kappa shape index (κ1) is 18.7. The van der Waals surface area contributed by atoms with Crippen molar-refractivity contribution in [1.82, 2.24) is 9.88 Å². The number of piperidine rings is 1. The fourth-order valence-corrected chi connectivity index (χ4v) is 3.45. The van der Waals surface area contributed by atoms with Crippen molar-refractivity contribution in [3.05, 3.63) is 59.9 Å². The Morgan fingerprint density at radius 1 is 1.12 bits per heavy atom. The lowest BCUT2D eigenvalue weighted by molar-refractivity contribution is -0.274. The van der Waals surface area contributed by atoms with E-state index in [1.165, 1.54) is 12.1 Å². The van der Waals surface area contributed by atoms with E-state index < -0.39 is 17.9 Å². The third-order valence-electron chi connectivity index (χ3n) is 4.81. The lowest BCUT2D eigenvalue weighted by Crippen LogP contribution is -2.47. The number of ether oxygens (including phenoxy) is 1. The molecule has 1 saturated heterocycles. The molecule has 0 aliphatic carbocycles. The Morgan fingerprint density at radius 3 is 2.31 bits per heavy atom. The minimum absolute atomic E-state index is 0.372. The van der Waals surface area contributed by atoms with E-state index in [0.717, 1.165) is 24.8 Å². The summed E-state index contributed by atoms with van der Waals surface area (Å²) in [5.74, 6) is -0.791. The number of aliphatic hydroxyl groups is 1. The van der Waals surface area contributed by atoms with Gasteiger partial charge in [-0.05, 0) is 37.6 Å². The third-order valence-corrected chi connectivity index (χ3v) is 4.81. The van der Waals surface area contributed by atoms with Gasteiger partial charge in [-0.3, -0.25) is 4.98 Å². The van der Waals surface area contributed by atoms with E-state index in [4.69, 9.17) is 0 Å². The fraction of sp³-hybridized carbons (Fsp3) is 0.421. The molecular formula is C19H21F3N2O2. The Morgan fingerprint density at radius 2 is 1.77 bits per heavy atom. The summed E-state index contributed by atoms with van der Waals surface area (Å²) >= 11 is 0.